The lowest BCUT2D eigenvalue weighted by molar-refractivity contribution is -0.118. The Morgan fingerprint density at radius 3 is 3.05 bits per heavy atom. The van der Waals surface area contributed by atoms with Gasteiger partial charge in [0.25, 0.3) is 0 Å². The molecule has 1 amide bonds. The number of aromatic nitrogens is 3. The van der Waals surface area contributed by atoms with Crippen molar-refractivity contribution in [2.45, 2.75) is 11.7 Å². The first-order chi connectivity index (χ1) is 9.79. The fraction of sp³-hybridized carbons (Fsp3) is 0.214. The summed E-state index contributed by atoms with van der Waals surface area (Å²) in [5.41, 5.74) is 0.948. The molecule has 2 rings (SSSR count). The average molecular weight is 286 g/mol. The Kier molecular flexibility index (Phi) is 5.21. The average Bonchev–Trinajstić information content (AvgIpc) is 2.91. The number of imidazole rings is 1. The van der Waals surface area contributed by atoms with Crippen LogP contribution in [0.4, 0.5) is 0 Å². The van der Waals surface area contributed by atoms with Crippen molar-refractivity contribution in [3.63, 3.8) is 0 Å². The highest BCUT2D eigenvalue weighted by Gasteiger charge is 2.07. The normalized spacial score (nSPS) is 9.95. The second-order valence-electron chi connectivity index (χ2n) is 3.93. The Morgan fingerprint density at radius 1 is 1.40 bits per heavy atom. The van der Waals surface area contributed by atoms with Crippen LogP contribution in [0.2, 0.25) is 0 Å². The summed E-state index contributed by atoms with van der Waals surface area (Å²) in [6.45, 7) is 0.886. The van der Waals surface area contributed by atoms with E-state index in [-0.39, 0.29) is 12.5 Å². The van der Waals surface area contributed by atoms with Crippen LogP contribution < -0.4 is 5.32 Å². The minimum Gasteiger partial charge on any atom is -0.344 e. The molecule has 102 valence electrons. The molecule has 2 heterocycles. The molecule has 0 fully saturated rings. The summed E-state index contributed by atoms with van der Waals surface area (Å²) in [5.74, 6) is 2.56. The fourth-order valence-electron chi connectivity index (χ4n) is 1.55. The number of thioether (sulfide) groups is 1. The molecule has 0 spiro atoms. The lowest BCUT2D eigenvalue weighted by Crippen LogP contribution is -2.25. The molecule has 0 bridgehead atoms. The van der Waals surface area contributed by atoms with E-state index in [0.29, 0.717) is 12.3 Å². The van der Waals surface area contributed by atoms with Crippen molar-refractivity contribution >= 4 is 17.7 Å². The maximum Gasteiger partial charge on any atom is 0.231 e. The first-order valence-electron chi connectivity index (χ1n) is 6.03. The summed E-state index contributed by atoms with van der Waals surface area (Å²) in [6.07, 6.45) is 10.4. The molecular weight excluding hydrogens is 272 g/mol. The summed E-state index contributed by atoms with van der Waals surface area (Å²) in [4.78, 5) is 20.0. The number of nitrogens with one attached hydrogen (secondary N) is 1. The summed E-state index contributed by atoms with van der Waals surface area (Å²) in [7, 11) is 0. The maximum absolute atomic E-state index is 11.5. The topological polar surface area (TPSA) is 59.8 Å². The summed E-state index contributed by atoms with van der Waals surface area (Å²) >= 11 is 1.37. The van der Waals surface area contributed by atoms with Crippen molar-refractivity contribution in [3.8, 4) is 12.3 Å². The first-order valence-corrected chi connectivity index (χ1v) is 7.02. The van der Waals surface area contributed by atoms with Crippen LogP contribution in [0.1, 0.15) is 5.69 Å². The number of pyridine rings is 1. The molecule has 20 heavy (non-hydrogen) atoms. The number of nitrogens with zero attached hydrogens (tertiary/aromatic N) is 3. The molecule has 2 aromatic heterocycles. The van der Waals surface area contributed by atoms with Crippen LogP contribution in [0.5, 0.6) is 0 Å². The fourth-order valence-corrected chi connectivity index (χ4v) is 2.34. The van der Waals surface area contributed by atoms with Crippen molar-refractivity contribution in [1.29, 1.82) is 0 Å². The van der Waals surface area contributed by atoms with E-state index < -0.39 is 0 Å². The number of amides is 1. The van der Waals surface area contributed by atoms with Crippen LogP contribution >= 0.6 is 11.8 Å². The van der Waals surface area contributed by atoms with Gasteiger partial charge in [-0.1, -0.05) is 23.7 Å². The number of carbonyl (C=O) groups excluding carboxylic acids is 1. The van der Waals surface area contributed by atoms with Gasteiger partial charge < -0.3 is 9.88 Å². The van der Waals surface area contributed by atoms with E-state index in [1.807, 2.05) is 29.0 Å². The number of terminal acetylenes is 1. The molecule has 0 atom stereocenters. The van der Waals surface area contributed by atoms with Gasteiger partial charge in [-0.2, -0.15) is 0 Å². The molecule has 2 aromatic rings. The van der Waals surface area contributed by atoms with Crippen molar-refractivity contribution in [2.75, 3.05) is 12.3 Å². The van der Waals surface area contributed by atoms with Crippen LogP contribution in [-0.2, 0) is 11.3 Å². The van der Waals surface area contributed by atoms with Crippen LogP contribution in [-0.4, -0.2) is 32.7 Å². The molecule has 0 saturated heterocycles. The highest BCUT2D eigenvalue weighted by Crippen LogP contribution is 2.16. The maximum atomic E-state index is 11.5. The van der Waals surface area contributed by atoms with Crippen LogP contribution in [0.25, 0.3) is 0 Å². The highest BCUT2D eigenvalue weighted by molar-refractivity contribution is 7.99. The number of carbonyl (C=O) groups is 1. The second kappa shape index (κ2) is 7.36. The Hall–Kier alpha value is -2.26. The van der Waals surface area contributed by atoms with Crippen molar-refractivity contribution in [1.82, 2.24) is 19.9 Å². The van der Waals surface area contributed by atoms with E-state index >= 15 is 0 Å². The molecular formula is C14H14N4OS. The van der Waals surface area contributed by atoms with Crippen molar-refractivity contribution in [3.05, 3.63) is 42.5 Å². The highest BCUT2D eigenvalue weighted by atomic mass is 32.2. The van der Waals surface area contributed by atoms with E-state index in [0.717, 1.165) is 10.9 Å². The van der Waals surface area contributed by atoms with E-state index in [1.165, 1.54) is 11.8 Å². The van der Waals surface area contributed by atoms with Gasteiger partial charge in [-0.25, -0.2) is 4.98 Å². The van der Waals surface area contributed by atoms with Crippen LogP contribution in [0, 0.1) is 12.3 Å². The Morgan fingerprint density at radius 2 is 2.30 bits per heavy atom. The van der Waals surface area contributed by atoms with Crippen LogP contribution in [0.15, 0.2) is 41.9 Å². The zero-order valence-corrected chi connectivity index (χ0v) is 11.6. The van der Waals surface area contributed by atoms with Gasteiger partial charge in [0.05, 0.1) is 24.5 Å². The molecule has 0 radical (unpaired) electrons. The van der Waals surface area contributed by atoms with E-state index in [4.69, 9.17) is 6.42 Å². The molecule has 0 saturated carbocycles. The molecule has 0 aliphatic rings. The molecule has 0 aliphatic heterocycles. The monoisotopic (exact) mass is 286 g/mol. The van der Waals surface area contributed by atoms with Gasteiger partial charge in [0.15, 0.2) is 5.16 Å². The number of hydrogen-bond acceptors (Lipinski definition) is 4. The zero-order chi connectivity index (χ0) is 14.2. The third-order valence-corrected chi connectivity index (χ3v) is 3.46. The lowest BCUT2D eigenvalue weighted by Gasteiger charge is -2.06. The standard InChI is InChI=1S/C14H14N4OS/c1-2-6-16-13(19)11-20-14-17-8-9-18(14)10-12-5-3-4-7-15-12/h1,3-5,7-9H,6,10-11H2,(H,16,19). The SMILES string of the molecule is C#CCNC(=O)CSc1nccn1Cc1ccccn1. The second-order valence-corrected chi connectivity index (χ2v) is 4.87. The third kappa shape index (κ3) is 4.14. The molecule has 0 aromatic carbocycles. The third-order valence-electron chi connectivity index (χ3n) is 2.46. The van der Waals surface area contributed by atoms with Crippen LogP contribution in [0.3, 0.4) is 0 Å². The first kappa shape index (κ1) is 14.2. The zero-order valence-electron chi connectivity index (χ0n) is 10.8. The molecule has 1 N–H and O–H groups in total. The van der Waals surface area contributed by atoms with Gasteiger partial charge in [0.1, 0.15) is 0 Å². The minimum absolute atomic E-state index is 0.0969. The molecule has 5 nitrogen and oxygen atoms in total. The van der Waals surface area contributed by atoms with Gasteiger partial charge in [-0.15, -0.1) is 6.42 Å². The number of hydrogen-bond donors (Lipinski definition) is 1. The summed E-state index contributed by atoms with van der Waals surface area (Å²) < 4.78 is 1.96. The molecule has 0 unspecified atom stereocenters. The lowest BCUT2D eigenvalue weighted by atomic mass is 10.3. The number of rotatable bonds is 6. The smallest absolute Gasteiger partial charge is 0.231 e. The van der Waals surface area contributed by atoms with Gasteiger partial charge in [-0.05, 0) is 12.1 Å². The van der Waals surface area contributed by atoms with E-state index in [2.05, 4.69) is 21.2 Å². The summed E-state index contributed by atoms with van der Waals surface area (Å²) in [5, 5.41) is 3.40. The predicted octanol–water partition coefficient (Wildman–Crippen LogP) is 1.17. The molecule has 6 heteroatoms. The van der Waals surface area contributed by atoms with Gasteiger partial charge in [0, 0.05) is 18.6 Å². The largest absolute Gasteiger partial charge is 0.344 e. The van der Waals surface area contributed by atoms with Gasteiger partial charge in [0.2, 0.25) is 5.91 Å². The van der Waals surface area contributed by atoms with E-state index in [1.54, 1.807) is 12.4 Å². The van der Waals surface area contributed by atoms with Gasteiger partial charge in [-0.3, -0.25) is 9.78 Å². The molecule has 0 aliphatic carbocycles. The Labute approximate surface area is 121 Å². The predicted molar refractivity (Wildman–Crippen MR) is 78.1 cm³/mol. The van der Waals surface area contributed by atoms with Crippen molar-refractivity contribution in [2.24, 2.45) is 0 Å². The summed E-state index contributed by atoms with van der Waals surface area (Å²) in [6, 6.07) is 5.77. The van der Waals surface area contributed by atoms with Crippen molar-refractivity contribution < 1.29 is 4.79 Å². The quantitative estimate of drug-likeness (QED) is 0.639. The van der Waals surface area contributed by atoms with E-state index in [9.17, 15) is 4.79 Å². The van der Waals surface area contributed by atoms with Gasteiger partial charge >= 0.3 is 0 Å². The Bertz CT molecular complexity index is 603. The minimum atomic E-state index is -0.0969. The Balaban J connectivity index is 1.92.